The van der Waals surface area contributed by atoms with Crippen molar-refractivity contribution < 1.29 is 4.39 Å². The Hall–Kier alpha value is -4.28. The van der Waals surface area contributed by atoms with Gasteiger partial charge in [0, 0.05) is 31.0 Å². The molecular weight excluding hydrogens is 523 g/mol. The Morgan fingerprint density at radius 3 is 2.38 bits per heavy atom. The van der Waals surface area contributed by atoms with Gasteiger partial charge in [0.05, 0.1) is 11.4 Å². The van der Waals surface area contributed by atoms with Gasteiger partial charge in [-0.3, -0.25) is 4.99 Å². The van der Waals surface area contributed by atoms with Crippen LogP contribution in [0, 0.1) is 30.0 Å². The fourth-order valence-electron chi connectivity index (χ4n) is 3.78. The molecule has 42 heavy (non-hydrogen) atoms. The first-order chi connectivity index (χ1) is 20.1. The van der Waals surface area contributed by atoms with E-state index in [0.29, 0.717) is 11.5 Å². The molecule has 0 amide bonds. The number of amidine groups is 1. The number of aryl methyl sites for hydroxylation is 1. The van der Waals surface area contributed by atoms with Gasteiger partial charge in [0.25, 0.3) is 0 Å². The third-order valence-corrected chi connectivity index (χ3v) is 5.96. The van der Waals surface area contributed by atoms with Crippen LogP contribution in [-0.2, 0) is 0 Å². The lowest BCUT2D eigenvalue weighted by molar-refractivity contribution is 0.606. The van der Waals surface area contributed by atoms with Crippen LogP contribution in [0.5, 0.6) is 0 Å². The molecule has 0 fully saturated rings. The summed E-state index contributed by atoms with van der Waals surface area (Å²) in [6, 6.07) is 16.6. The van der Waals surface area contributed by atoms with Gasteiger partial charge in [-0.05, 0) is 86.2 Å². The van der Waals surface area contributed by atoms with Gasteiger partial charge in [-0.25, -0.2) is 9.37 Å². The number of benzene rings is 2. The molecule has 1 heterocycles. The van der Waals surface area contributed by atoms with E-state index >= 15 is 0 Å². The third-order valence-electron chi connectivity index (χ3n) is 5.96. The second-order valence-corrected chi connectivity index (χ2v) is 10.0. The number of rotatable bonds is 9. The van der Waals surface area contributed by atoms with Crippen LogP contribution >= 0.6 is 0 Å². The summed E-state index contributed by atoms with van der Waals surface area (Å²) in [5.41, 5.74) is 11.5. The zero-order valence-electron chi connectivity index (χ0n) is 26.3. The van der Waals surface area contributed by atoms with E-state index in [4.69, 9.17) is 5.73 Å². The van der Waals surface area contributed by atoms with Crippen LogP contribution in [0.4, 0.5) is 15.9 Å². The Morgan fingerprint density at radius 2 is 1.83 bits per heavy atom. The molecule has 0 saturated carbocycles. The summed E-state index contributed by atoms with van der Waals surface area (Å²) in [7, 11) is 1.77. The van der Waals surface area contributed by atoms with E-state index < -0.39 is 0 Å². The molecule has 0 atom stereocenters. The molecule has 0 radical (unpaired) electrons. The molecule has 2 aromatic carbocycles. The van der Waals surface area contributed by atoms with Gasteiger partial charge in [-0.15, -0.1) is 0 Å². The van der Waals surface area contributed by atoms with Crippen molar-refractivity contribution in [2.75, 3.05) is 30.8 Å². The lowest BCUT2D eigenvalue weighted by atomic mass is 9.96. The minimum absolute atomic E-state index is 0.265. The maximum absolute atomic E-state index is 13.3. The minimum Gasteiger partial charge on any atom is -0.370 e. The number of hydrogen-bond acceptors (Lipinski definition) is 5. The average molecular weight is 571 g/mol. The summed E-state index contributed by atoms with van der Waals surface area (Å²) >= 11 is 0. The number of nitrogens with zero attached hydrogens (tertiary/aromatic N) is 3. The van der Waals surface area contributed by atoms with Crippen molar-refractivity contribution in [3.63, 3.8) is 0 Å². The van der Waals surface area contributed by atoms with E-state index in [1.54, 1.807) is 25.4 Å². The van der Waals surface area contributed by atoms with Gasteiger partial charge in [0.15, 0.2) is 0 Å². The van der Waals surface area contributed by atoms with Crippen molar-refractivity contribution in [2.24, 2.45) is 16.6 Å². The first-order valence-corrected chi connectivity index (χ1v) is 14.4. The maximum atomic E-state index is 13.3. The lowest BCUT2D eigenvalue weighted by Crippen LogP contribution is -2.09. The molecule has 3 aromatic rings. The molecule has 3 rings (SSSR count). The molecule has 6 nitrogen and oxygen atoms in total. The summed E-state index contributed by atoms with van der Waals surface area (Å²) in [5, 5.41) is 15.8. The number of aliphatic imine (C=N–C) groups is 1. The minimum atomic E-state index is -0.265. The number of nitrogens with one attached hydrogen (secondary N) is 2. The van der Waals surface area contributed by atoms with Crippen LogP contribution in [0.3, 0.4) is 0 Å². The van der Waals surface area contributed by atoms with Crippen LogP contribution in [0.15, 0.2) is 72.4 Å². The summed E-state index contributed by atoms with van der Waals surface area (Å²) in [6.07, 6.45) is 7.37. The number of allylic oxidation sites excluding steroid dienone is 1. The highest BCUT2D eigenvalue weighted by atomic mass is 19.1. The quantitative estimate of drug-likeness (QED) is 0.177. The summed E-state index contributed by atoms with van der Waals surface area (Å²) in [5.74, 6) is 1.98. The number of nitrogens with two attached hydrogens (primary N) is 1. The van der Waals surface area contributed by atoms with Crippen LogP contribution in [0.2, 0.25) is 0 Å². The SMILES string of the molecule is C=Cc1cc(C)ccc1NC(C)=NC.CCC=C(c1ccc(F)cc1)c1cc(C#N)cnc1NCCC(C)C.CCN. The predicted octanol–water partition coefficient (Wildman–Crippen LogP) is 8.46. The Kier molecular flexibility index (Phi) is 16.8. The lowest BCUT2D eigenvalue weighted by Gasteiger charge is -2.15. The molecular formula is C35H47FN6. The highest BCUT2D eigenvalue weighted by molar-refractivity contribution is 5.95. The van der Waals surface area contributed by atoms with Crippen LogP contribution in [0.25, 0.3) is 11.6 Å². The monoisotopic (exact) mass is 570 g/mol. The Morgan fingerprint density at radius 1 is 1.17 bits per heavy atom. The van der Waals surface area contributed by atoms with Gasteiger partial charge in [0.2, 0.25) is 0 Å². The normalized spacial score (nSPS) is 11.0. The second kappa shape index (κ2) is 19.7. The standard InChI is InChI=1S/C21H24FN3.C12H16N2.C2H7N/c1-4-5-19(17-6-8-18(22)9-7-17)20-12-16(13-23)14-25-21(20)24-11-10-15(2)3;1-5-11-8-9(2)6-7-12(11)14-10(3)13-4;1-2-3/h5-9,12,14-15H,4,10-11H2,1-3H3,(H,24,25);5-8H,1H2,2-4H3,(H,13,14);2-3H2,1H3. The zero-order valence-corrected chi connectivity index (χ0v) is 26.3. The molecule has 7 heteroatoms. The van der Waals surface area contributed by atoms with Crippen molar-refractivity contribution in [3.8, 4) is 6.07 Å². The van der Waals surface area contributed by atoms with Crippen molar-refractivity contribution in [1.29, 1.82) is 5.26 Å². The van der Waals surface area contributed by atoms with Gasteiger partial charge in [0.1, 0.15) is 17.7 Å². The largest absolute Gasteiger partial charge is 0.370 e. The van der Waals surface area contributed by atoms with Gasteiger partial charge >= 0.3 is 0 Å². The Labute approximate surface area is 252 Å². The summed E-state index contributed by atoms with van der Waals surface area (Å²) < 4.78 is 13.3. The Bertz CT molecular complexity index is 1350. The molecule has 0 aliphatic heterocycles. The van der Waals surface area contributed by atoms with Gasteiger partial charge in [-0.2, -0.15) is 5.26 Å². The van der Waals surface area contributed by atoms with Crippen molar-refractivity contribution in [2.45, 2.75) is 54.4 Å². The molecule has 4 N–H and O–H groups in total. The molecule has 0 saturated heterocycles. The van der Waals surface area contributed by atoms with E-state index in [1.165, 1.54) is 17.7 Å². The molecule has 224 valence electrons. The predicted molar refractivity (Wildman–Crippen MR) is 179 cm³/mol. The number of aromatic nitrogens is 1. The third kappa shape index (κ3) is 12.5. The fraction of sp³-hybridized carbons (Fsp3) is 0.343. The zero-order chi connectivity index (χ0) is 31.5. The molecule has 0 spiro atoms. The molecule has 0 aliphatic rings. The molecule has 0 bridgehead atoms. The number of halogens is 1. The highest BCUT2D eigenvalue weighted by Gasteiger charge is 2.13. The maximum Gasteiger partial charge on any atom is 0.133 e. The van der Waals surface area contributed by atoms with Gasteiger partial charge < -0.3 is 16.4 Å². The first-order valence-electron chi connectivity index (χ1n) is 14.4. The van der Waals surface area contributed by atoms with E-state index in [2.05, 4.69) is 79.2 Å². The number of anilines is 2. The highest BCUT2D eigenvalue weighted by Crippen LogP contribution is 2.30. The first kappa shape index (κ1) is 35.7. The fourth-order valence-corrected chi connectivity index (χ4v) is 3.78. The molecule has 0 aliphatic carbocycles. The Balaban J connectivity index is 0.000000437. The van der Waals surface area contributed by atoms with Crippen molar-refractivity contribution >= 4 is 29.0 Å². The van der Waals surface area contributed by atoms with Crippen LogP contribution in [-0.4, -0.2) is 31.0 Å². The van der Waals surface area contributed by atoms with Crippen molar-refractivity contribution in [1.82, 2.24) is 4.98 Å². The summed E-state index contributed by atoms with van der Waals surface area (Å²) in [4.78, 5) is 8.50. The van der Waals surface area contributed by atoms with Gasteiger partial charge in [-0.1, -0.05) is 70.2 Å². The second-order valence-electron chi connectivity index (χ2n) is 10.0. The molecule has 0 unspecified atom stereocenters. The average Bonchev–Trinajstić information content (AvgIpc) is 2.98. The van der Waals surface area contributed by atoms with E-state index in [-0.39, 0.29) is 5.82 Å². The van der Waals surface area contributed by atoms with E-state index in [0.717, 1.165) is 65.5 Å². The van der Waals surface area contributed by atoms with E-state index in [1.807, 2.05) is 32.1 Å². The van der Waals surface area contributed by atoms with Crippen LogP contribution < -0.4 is 16.4 Å². The van der Waals surface area contributed by atoms with Crippen molar-refractivity contribution in [3.05, 3.63) is 101 Å². The smallest absolute Gasteiger partial charge is 0.133 e. The topological polar surface area (TPSA) is 99.1 Å². The number of hydrogen-bond donors (Lipinski definition) is 3. The summed E-state index contributed by atoms with van der Waals surface area (Å²) in [6.45, 7) is 17.7. The molecule has 1 aromatic heterocycles. The van der Waals surface area contributed by atoms with Crippen LogP contribution in [0.1, 0.15) is 75.3 Å². The number of pyridine rings is 1. The van der Waals surface area contributed by atoms with E-state index in [9.17, 15) is 9.65 Å². The number of nitriles is 1.